The Morgan fingerprint density at radius 1 is 1.06 bits per heavy atom. The third-order valence-corrected chi connectivity index (χ3v) is 5.31. The molecule has 1 unspecified atom stereocenters. The van der Waals surface area contributed by atoms with Crippen LogP contribution in [0.1, 0.15) is 40.5 Å². The van der Waals surface area contributed by atoms with Crippen LogP contribution in [0.25, 0.3) is 0 Å². The van der Waals surface area contributed by atoms with Gasteiger partial charge in [0.2, 0.25) is 0 Å². The molecule has 0 spiro atoms. The van der Waals surface area contributed by atoms with Gasteiger partial charge in [-0.25, -0.2) is 0 Å². The number of nitrogens with zero attached hydrogens (tertiary/aromatic N) is 1. The molecule has 2 saturated heterocycles. The standard InChI is InChI=1S/C14H26N2.C2H6/c1-10(2)11-3-5-16(6-4-11)9-14-12-7-15-8-13(12)14;1-2/h10-15H,3-9H2,1-2H3;1-2H3/t12-,13+,14?;. The highest BCUT2D eigenvalue weighted by Crippen LogP contribution is 2.49. The molecule has 3 atom stereocenters. The monoisotopic (exact) mass is 252 g/mol. The Bertz CT molecular complexity index is 233. The Morgan fingerprint density at radius 3 is 2.11 bits per heavy atom. The predicted octanol–water partition coefficient (Wildman–Crippen LogP) is 2.85. The Labute approximate surface area is 114 Å². The van der Waals surface area contributed by atoms with E-state index in [1.54, 1.807) is 0 Å². The van der Waals surface area contributed by atoms with E-state index in [1.165, 1.54) is 45.6 Å². The molecule has 2 heterocycles. The summed E-state index contributed by atoms with van der Waals surface area (Å²) in [6, 6.07) is 0. The number of likely N-dealkylation sites (tertiary alicyclic amines) is 1. The summed E-state index contributed by atoms with van der Waals surface area (Å²) in [5, 5.41) is 3.49. The highest BCUT2D eigenvalue weighted by molar-refractivity contribution is 5.05. The molecule has 1 saturated carbocycles. The Balaban J connectivity index is 0.000000574. The van der Waals surface area contributed by atoms with Crippen molar-refractivity contribution in [1.29, 1.82) is 0 Å². The van der Waals surface area contributed by atoms with Crippen molar-refractivity contribution < 1.29 is 0 Å². The van der Waals surface area contributed by atoms with E-state index in [-0.39, 0.29) is 0 Å². The minimum absolute atomic E-state index is 0.895. The highest BCUT2D eigenvalue weighted by atomic mass is 15.1. The van der Waals surface area contributed by atoms with Gasteiger partial charge < -0.3 is 10.2 Å². The summed E-state index contributed by atoms with van der Waals surface area (Å²) < 4.78 is 0. The Kier molecular flexibility index (Phi) is 5.08. The van der Waals surface area contributed by atoms with Crippen LogP contribution in [0.15, 0.2) is 0 Å². The fraction of sp³-hybridized carbons (Fsp3) is 1.00. The van der Waals surface area contributed by atoms with Gasteiger partial charge in [0.1, 0.15) is 0 Å². The third kappa shape index (κ3) is 3.08. The highest BCUT2D eigenvalue weighted by Gasteiger charge is 2.52. The van der Waals surface area contributed by atoms with Crippen molar-refractivity contribution in [2.24, 2.45) is 29.6 Å². The second-order valence-corrected chi connectivity index (χ2v) is 6.53. The molecular weight excluding hydrogens is 220 g/mol. The summed E-state index contributed by atoms with van der Waals surface area (Å²) in [6.45, 7) is 15.5. The zero-order valence-electron chi connectivity index (χ0n) is 12.8. The Morgan fingerprint density at radius 2 is 1.61 bits per heavy atom. The molecule has 0 aromatic rings. The van der Waals surface area contributed by atoms with Crippen LogP contribution in [0.4, 0.5) is 0 Å². The minimum atomic E-state index is 0.895. The lowest BCUT2D eigenvalue weighted by Gasteiger charge is -2.34. The van der Waals surface area contributed by atoms with Crippen LogP contribution >= 0.6 is 0 Å². The van der Waals surface area contributed by atoms with Crippen molar-refractivity contribution in [3.05, 3.63) is 0 Å². The molecule has 106 valence electrons. The summed E-state index contributed by atoms with van der Waals surface area (Å²) >= 11 is 0. The number of hydrogen-bond donors (Lipinski definition) is 1. The van der Waals surface area contributed by atoms with Crippen LogP contribution in [-0.2, 0) is 0 Å². The maximum absolute atomic E-state index is 3.49. The minimum Gasteiger partial charge on any atom is -0.316 e. The molecule has 0 amide bonds. The fourth-order valence-electron chi connectivity index (χ4n) is 3.92. The molecule has 3 rings (SSSR count). The smallest absolute Gasteiger partial charge is 0.00161 e. The molecule has 18 heavy (non-hydrogen) atoms. The normalized spacial score (nSPS) is 36.2. The van der Waals surface area contributed by atoms with E-state index >= 15 is 0 Å². The van der Waals surface area contributed by atoms with Crippen molar-refractivity contribution >= 4 is 0 Å². The lowest BCUT2D eigenvalue weighted by Crippen LogP contribution is -2.37. The maximum atomic E-state index is 3.49. The van der Waals surface area contributed by atoms with Crippen LogP contribution in [0.5, 0.6) is 0 Å². The molecule has 0 radical (unpaired) electrons. The number of hydrogen-bond acceptors (Lipinski definition) is 2. The first-order valence-electron chi connectivity index (χ1n) is 8.19. The third-order valence-electron chi connectivity index (χ3n) is 5.31. The van der Waals surface area contributed by atoms with Gasteiger partial charge in [-0.15, -0.1) is 0 Å². The fourth-order valence-corrected chi connectivity index (χ4v) is 3.92. The van der Waals surface area contributed by atoms with Crippen molar-refractivity contribution in [1.82, 2.24) is 10.2 Å². The second kappa shape index (κ2) is 6.38. The van der Waals surface area contributed by atoms with Crippen molar-refractivity contribution in [2.45, 2.75) is 40.5 Å². The summed E-state index contributed by atoms with van der Waals surface area (Å²) in [4.78, 5) is 2.74. The molecule has 0 aromatic heterocycles. The van der Waals surface area contributed by atoms with Gasteiger partial charge in [0, 0.05) is 6.54 Å². The molecule has 2 heteroatoms. The Hall–Kier alpha value is -0.0800. The van der Waals surface area contributed by atoms with Crippen molar-refractivity contribution in [3.8, 4) is 0 Å². The molecule has 1 N–H and O–H groups in total. The van der Waals surface area contributed by atoms with Gasteiger partial charge >= 0.3 is 0 Å². The van der Waals surface area contributed by atoms with E-state index in [2.05, 4.69) is 24.1 Å². The largest absolute Gasteiger partial charge is 0.316 e. The lowest BCUT2D eigenvalue weighted by molar-refractivity contribution is 0.148. The molecule has 0 aromatic carbocycles. The van der Waals surface area contributed by atoms with E-state index in [9.17, 15) is 0 Å². The lowest BCUT2D eigenvalue weighted by atomic mass is 9.86. The number of piperidine rings is 2. The molecular formula is C16H32N2. The summed E-state index contributed by atoms with van der Waals surface area (Å²) in [6.07, 6.45) is 2.88. The SMILES string of the molecule is CC.CC(C)C1CCN(CC2[C@H]3CNC[C@@H]23)CC1. The van der Waals surface area contributed by atoms with Gasteiger partial charge in [0.05, 0.1) is 0 Å². The summed E-state index contributed by atoms with van der Waals surface area (Å²) in [7, 11) is 0. The van der Waals surface area contributed by atoms with Gasteiger partial charge in [-0.3, -0.25) is 0 Å². The van der Waals surface area contributed by atoms with E-state index < -0.39 is 0 Å². The van der Waals surface area contributed by atoms with Crippen LogP contribution in [0, 0.1) is 29.6 Å². The van der Waals surface area contributed by atoms with Crippen LogP contribution in [-0.4, -0.2) is 37.6 Å². The molecule has 3 aliphatic rings. The number of rotatable bonds is 3. The van der Waals surface area contributed by atoms with Gasteiger partial charge in [-0.05, 0) is 68.6 Å². The van der Waals surface area contributed by atoms with E-state index in [1.807, 2.05) is 13.8 Å². The summed E-state index contributed by atoms with van der Waals surface area (Å²) in [5.41, 5.74) is 0. The van der Waals surface area contributed by atoms with Crippen molar-refractivity contribution in [3.63, 3.8) is 0 Å². The first kappa shape index (κ1) is 14.3. The quantitative estimate of drug-likeness (QED) is 0.831. The van der Waals surface area contributed by atoms with Crippen LogP contribution in [0.3, 0.4) is 0 Å². The average molecular weight is 252 g/mol. The van der Waals surface area contributed by atoms with Crippen LogP contribution < -0.4 is 5.32 Å². The molecule has 3 fully saturated rings. The topological polar surface area (TPSA) is 15.3 Å². The number of fused-ring (bicyclic) bond motifs is 1. The first-order chi connectivity index (χ1) is 8.75. The van der Waals surface area contributed by atoms with Gasteiger partial charge in [-0.2, -0.15) is 0 Å². The first-order valence-corrected chi connectivity index (χ1v) is 8.19. The zero-order valence-corrected chi connectivity index (χ0v) is 12.8. The van der Waals surface area contributed by atoms with E-state index in [0.717, 1.165) is 29.6 Å². The summed E-state index contributed by atoms with van der Waals surface area (Å²) in [5.74, 6) is 5.03. The van der Waals surface area contributed by atoms with Gasteiger partial charge in [0.25, 0.3) is 0 Å². The maximum Gasteiger partial charge on any atom is 0.00161 e. The second-order valence-electron chi connectivity index (χ2n) is 6.53. The average Bonchev–Trinajstić information content (AvgIpc) is 2.85. The van der Waals surface area contributed by atoms with Crippen LogP contribution in [0.2, 0.25) is 0 Å². The van der Waals surface area contributed by atoms with Gasteiger partial charge in [0.15, 0.2) is 0 Å². The predicted molar refractivity (Wildman–Crippen MR) is 78.7 cm³/mol. The zero-order chi connectivity index (χ0) is 13.1. The van der Waals surface area contributed by atoms with Gasteiger partial charge in [-0.1, -0.05) is 27.7 Å². The molecule has 1 aliphatic carbocycles. The van der Waals surface area contributed by atoms with Crippen molar-refractivity contribution in [2.75, 3.05) is 32.7 Å². The molecule has 0 bridgehead atoms. The number of nitrogens with one attached hydrogen (secondary N) is 1. The van der Waals surface area contributed by atoms with E-state index in [0.29, 0.717) is 0 Å². The van der Waals surface area contributed by atoms with E-state index in [4.69, 9.17) is 0 Å². The molecule has 2 nitrogen and oxygen atoms in total. The molecule has 2 aliphatic heterocycles.